The molecule has 0 unspecified atom stereocenters. The highest BCUT2D eigenvalue weighted by Gasteiger charge is 2.24. The van der Waals surface area contributed by atoms with Crippen LogP contribution in [0.15, 0.2) is 27.1 Å². The van der Waals surface area contributed by atoms with Crippen molar-refractivity contribution in [1.29, 1.82) is 0 Å². The van der Waals surface area contributed by atoms with Gasteiger partial charge in [-0.25, -0.2) is 0 Å². The van der Waals surface area contributed by atoms with E-state index in [2.05, 4.69) is 44.0 Å². The first-order valence-electron chi connectivity index (χ1n) is 4.87. The molecule has 0 aromatic heterocycles. The van der Waals surface area contributed by atoms with Gasteiger partial charge in [0, 0.05) is 15.0 Å². The SMILES string of the molecule is Cl.N[C@@H](CC1CC1)c1ccc(Br)c(Br)c1. The topological polar surface area (TPSA) is 26.0 Å². The average molecular weight is 356 g/mol. The molecular formula is C11H14Br2ClN. The molecule has 84 valence electrons. The molecule has 1 aromatic rings. The molecule has 0 radical (unpaired) electrons. The lowest BCUT2D eigenvalue weighted by Gasteiger charge is -2.12. The fraction of sp³-hybridized carbons (Fsp3) is 0.455. The number of nitrogens with two attached hydrogens (primary N) is 1. The summed E-state index contributed by atoms with van der Waals surface area (Å²) in [4.78, 5) is 0. The molecule has 2 rings (SSSR count). The summed E-state index contributed by atoms with van der Waals surface area (Å²) in [6.07, 6.45) is 3.87. The summed E-state index contributed by atoms with van der Waals surface area (Å²) >= 11 is 6.95. The van der Waals surface area contributed by atoms with Crippen LogP contribution in [0.3, 0.4) is 0 Å². The molecule has 0 heterocycles. The van der Waals surface area contributed by atoms with E-state index in [0.29, 0.717) is 0 Å². The molecule has 0 amide bonds. The van der Waals surface area contributed by atoms with Crippen molar-refractivity contribution < 1.29 is 0 Å². The third-order valence-corrected chi connectivity index (χ3v) is 4.54. The Morgan fingerprint density at radius 3 is 2.47 bits per heavy atom. The fourth-order valence-electron chi connectivity index (χ4n) is 1.59. The summed E-state index contributed by atoms with van der Waals surface area (Å²) in [5, 5.41) is 0. The highest BCUT2D eigenvalue weighted by Crippen LogP contribution is 2.37. The largest absolute Gasteiger partial charge is 0.324 e. The molecular weight excluding hydrogens is 341 g/mol. The second-order valence-corrected chi connectivity index (χ2v) is 5.67. The number of halogens is 3. The lowest BCUT2D eigenvalue weighted by molar-refractivity contribution is 0.597. The van der Waals surface area contributed by atoms with Crippen molar-refractivity contribution in [2.24, 2.45) is 11.7 Å². The zero-order valence-corrected chi connectivity index (χ0v) is 12.2. The maximum absolute atomic E-state index is 6.12. The van der Waals surface area contributed by atoms with Crippen LogP contribution in [0, 0.1) is 5.92 Å². The molecule has 15 heavy (non-hydrogen) atoms. The van der Waals surface area contributed by atoms with Crippen LogP contribution < -0.4 is 5.73 Å². The van der Waals surface area contributed by atoms with Gasteiger partial charge < -0.3 is 5.73 Å². The van der Waals surface area contributed by atoms with Gasteiger partial charge in [0.05, 0.1) is 0 Å². The summed E-state index contributed by atoms with van der Waals surface area (Å²) in [6, 6.07) is 6.46. The van der Waals surface area contributed by atoms with E-state index in [-0.39, 0.29) is 18.4 Å². The maximum atomic E-state index is 6.12. The molecule has 1 aliphatic carbocycles. The highest BCUT2D eigenvalue weighted by molar-refractivity contribution is 9.13. The van der Waals surface area contributed by atoms with Crippen molar-refractivity contribution in [2.75, 3.05) is 0 Å². The van der Waals surface area contributed by atoms with E-state index in [1.165, 1.54) is 18.4 Å². The van der Waals surface area contributed by atoms with Gasteiger partial charge in [-0.2, -0.15) is 0 Å². The standard InChI is InChI=1S/C11H13Br2N.ClH/c12-9-4-3-8(6-10(9)13)11(14)5-7-1-2-7;/h3-4,6-7,11H,1-2,5,14H2;1H/t11-;/m0./s1. The molecule has 0 aliphatic heterocycles. The number of hydrogen-bond acceptors (Lipinski definition) is 1. The minimum absolute atomic E-state index is 0. The molecule has 1 aromatic carbocycles. The monoisotopic (exact) mass is 353 g/mol. The van der Waals surface area contributed by atoms with Crippen LogP contribution in [0.2, 0.25) is 0 Å². The Morgan fingerprint density at radius 2 is 1.93 bits per heavy atom. The molecule has 1 nitrogen and oxygen atoms in total. The Hall–Kier alpha value is 0.430. The molecule has 1 saturated carbocycles. The van der Waals surface area contributed by atoms with Gasteiger partial charge in [0.1, 0.15) is 0 Å². The van der Waals surface area contributed by atoms with Crippen LogP contribution in [0.5, 0.6) is 0 Å². The average Bonchev–Trinajstić information content (AvgIpc) is 2.93. The van der Waals surface area contributed by atoms with Gasteiger partial charge in [-0.3, -0.25) is 0 Å². The van der Waals surface area contributed by atoms with Gasteiger partial charge >= 0.3 is 0 Å². The Balaban J connectivity index is 0.00000112. The first kappa shape index (κ1) is 13.5. The lowest BCUT2D eigenvalue weighted by Crippen LogP contribution is -2.10. The van der Waals surface area contributed by atoms with Gasteiger partial charge in [-0.1, -0.05) is 18.9 Å². The van der Waals surface area contributed by atoms with Crippen molar-refractivity contribution in [1.82, 2.24) is 0 Å². The van der Waals surface area contributed by atoms with Gasteiger partial charge in [0.15, 0.2) is 0 Å². The van der Waals surface area contributed by atoms with Gasteiger partial charge in [-0.05, 0) is 61.9 Å². The first-order chi connectivity index (χ1) is 6.66. The van der Waals surface area contributed by atoms with Crippen molar-refractivity contribution in [3.05, 3.63) is 32.7 Å². The normalized spacial score (nSPS) is 17.0. The minimum atomic E-state index is 0. The van der Waals surface area contributed by atoms with Crippen molar-refractivity contribution in [3.8, 4) is 0 Å². The van der Waals surface area contributed by atoms with Crippen LogP contribution in [0.4, 0.5) is 0 Å². The van der Waals surface area contributed by atoms with Crippen molar-refractivity contribution in [2.45, 2.75) is 25.3 Å². The number of hydrogen-bond donors (Lipinski definition) is 1. The second kappa shape index (κ2) is 5.67. The summed E-state index contributed by atoms with van der Waals surface area (Å²) in [7, 11) is 0. The fourth-order valence-corrected chi connectivity index (χ4v) is 2.23. The zero-order valence-electron chi connectivity index (χ0n) is 8.25. The number of rotatable bonds is 3. The molecule has 4 heteroatoms. The molecule has 1 fully saturated rings. The van der Waals surface area contributed by atoms with E-state index in [4.69, 9.17) is 5.73 Å². The molecule has 1 aliphatic rings. The van der Waals surface area contributed by atoms with Gasteiger partial charge in [-0.15, -0.1) is 12.4 Å². The Morgan fingerprint density at radius 1 is 1.27 bits per heavy atom. The summed E-state index contributed by atoms with van der Waals surface area (Å²) in [6.45, 7) is 0. The van der Waals surface area contributed by atoms with E-state index in [9.17, 15) is 0 Å². The predicted molar refractivity (Wildman–Crippen MR) is 73.4 cm³/mol. The number of benzene rings is 1. The molecule has 0 spiro atoms. The van der Waals surface area contributed by atoms with E-state index >= 15 is 0 Å². The second-order valence-electron chi connectivity index (χ2n) is 3.96. The molecule has 0 bridgehead atoms. The quantitative estimate of drug-likeness (QED) is 0.853. The molecule has 1 atom stereocenters. The van der Waals surface area contributed by atoms with E-state index in [0.717, 1.165) is 21.3 Å². The third-order valence-electron chi connectivity index (χ3n) is 2.66. The predicted octanol–water partition coefficient (Wildman–Crippen LogP) is 4.43. The van der Waals surface area contributed by atoms with Crippen molar-refractivity contribution in [3.63, 3.8) is 0 Å². The summed E-state index contributed by atoms with van der Waals surface area (Å²) < 4.78 is 2.17. The van der Waals surface area contributed by atoms with Crippen LogP contribution in [-0.2, 0) is 0 Å². The van der Waals surface area contributed by atoms with Crippen LogP contribution >= 0.6 is 44.3 Å². The van der Waals surface area contributed by atoms with Gasteiger partial charge in [0.2, 0.25) is 0 Å². The summed E-state index contributed by atoms with van der Waals surface area (Å²) in [5.74, 6) is 0.882. The summed E-state index contributed by atoms with van der Waals surface area (Å²) in [5.41, 5.74) is 7.35. The van der Waals surface area contributed by atoms with Crippen LogP contribution in [0.25, 0.3) is 0 Å². The Kier molecular flexibility index (Phi) is 5.10. The van der Waals surface area contributed by atoms with E-state index < -0.39 is 0 Å². The van der Waals surface area contributed by atoms with Crippen LogP contribution in [-0.4, -0.2) is 0 Å². The molecule has 2 N–H and O–H groups in total. The first-order valence-corrected chi connectivity index (χ1v) is 6.46. The minimum Gasteiger partial charge on any atom is -0.324 e. The maximum Gasteiger partial charge on any atom is 0.0320 e. The molecule has 0 saturated heterocycles. The van der Waals surface area contributed by atoms with E-state index in [1.807, 2.05) is 6.07 Å². The third kappa shape index (κ3) is 3.74. The van der Waals surface area contributed by atoms with Gasteiger partial charge in [0.25, 0.3) is 0 Å². The Bertz CT molecular complexity index is 339. The smallest absolute Gasteiger partial charge is 0.0320 e. The van der Waals surface area contributed by atoms with Crippen LogP contribution in [0.1, 0.15) is 30.9 Å². The van der Waals surface area contributed by atoms with Crippen molar-refractivity contribution >= 4 is 44.3 Å². The van der Waals surface area contributed by atoms with E-state index in [1.54, 1.807) is 0 Å². The Labute approximate surface area is 113 Å². The lowest BCUT2D eigenvalue weighted by atomic mass is 10.0. The highest BCUT2D eigenvalue weighted by atomic mass is 79.9. The zero-order chi connectivity index (χ0) is 10.1.